The minimum Gasteiger partial charge on any atom is -0.449 e. The highest BCUT2D eigenvalue weighted by Crippen LogP contribution is 2.15. The molecule has 0 aliphatic heterocycles. The number of hydrogen-bond acceptors (Lipinski definition) is 2. The smallest absolute Gasteiger partial charge is 0.411 e. The number of halogens is 1. The molecule has 0 unspecified atom stereocenters. The van der Waals surface area contributed by atoms with Crippen molar-refractivity contribution in [2.75, 3.05) is 11.9 Å². The predicted molar refractivity (Wildman–Crippen MR) is 64.0 cm³/mol. The predicted octanol–water partition coefficient (Wildman–Crippen LogP) is 3.80. The van der Waals surface area contributed by atoms with Crippen molar-refractivity contribution in [1.82, 2.24) is 0 Å². The standard InChI is InChI=1S/C11H14BrNO2/c1-2-3-7-15-11(14)13-10-6-4-5-9(12)8-10/h4-6,8H,2-3,7H2,1H3,(H,13,14). The zero-order valence-electron chi connectivity index (χ0n) is 8.63. The highest BCUT2D eigenvalue weighted by molar-refractivity contribution is 9.10. The number of amides is 1. The van der Waals surface area contributed by atoms with Crippen LogP contribution in [0.5, 0.6) is 0 Å². The van der Waals surface area contributed by atoms with Crippen molar-refractivity contribution in [2.24, 2.45) is 0 Å². The molecule has 82 valence electrons. The van der Waals surface area contributed by atoms with E-state index in [1.54, 1.807) is 0 Å². The zero-order chi connectivity index (χ0) is 11.1. The van der Waals surface area contributed by atoms with Crippen LogP contribution < -0.4 is 5.32 Å². The van der Waals surface area contributed by atoms with Gasteiger partial charge >= 0.3 is 6.09 Å². The van der Waals surface area contributed by atoms with Crippen LogP contribution >= 0.6 is 15.9 Å². The van der Waals surface area contributed by atoms with Crippen molar-refractivity contribution in [2.45, 2.75) is 19.8 Å². The van der Waals surface area contributed by atoms with Gasteiger partial charge < -0.3 is 4.74 Å². The molecule has 0 radical (unpaired) electrons. The molecule has 0 aromatic heterocycles. The average Bonchev–Trinajstić information content (AvgIpc) is 2.18. The fourth-order valence-electron chi connectivity index (χ4n) is 1.03. The second-order valence-corrected chi connectivity index (χ2v) is 4.04. The van der Waals surface area contributed by atoms with Gasteiger partial charge in [-0.3, -0.25) is 5.32 Å². The van der Waals surface area contributed by atoms with Crippen molar-refractivity contribution in [3.8, 4) is 0 Å². The van der Waals surface area contributed by atoms with Crippen molar-refractivity contribution >= 4 is 27.7 Å². The first-order valence-electron chi connectivity index (χ1n) is 4.91. The Hall–Kier alpha value is -1.03. The molecule has 1 rings (SSSR count). The summed E-state index contributed by atoms with van der Waals surface area (Å²) < 4.78 is 5.89. The van der Waals surface area contributed by atoms with Gasteiger partial charge in [-0.15, -0.1) is 0 Å². The molecule has 0 saturated heterocycles. The summed E-state index contributed by atoms with van der Waals surface area (Å²) in [6, 6.07) is 7.38. The van der Waals surface area contributed by atoms with Gasteiger partial charge in [-0.1, -0.05) is 35.3 Å². The van der Waals surface area contributed by atoms with Crippen molar-refractivity contribution in [3.63, 3.8) is 0 Å². The zero-order valence-corrected chi connectivity index (χ0v) is 10.2. The molecule has 0 saturated carbocycles. The Kier molecular flexibility index (Phi) is 5.18. The number of anilines is 1. The normalized spacial score (nSPS) is 9.73. The lowest BCUT2D eigenvalue weighted by Crippen LogP contribution is -2.14. The average molecular weight is 272 g/mol. The molecule has 4 heteroatoms. The second-order valence-electron chi connectivity index (χ2n) is 3.12. The maximum atomic E-state index is 11.2. The van der Waals surface area contributed by atoms with Gasteiger partial charge in [0.05, 0.1) is 6.61 Å². The maximum absolute atomic E-state index is 11.2. The molecule has 15 heavy (non-hydrogen) atoms. The number of unbranched alkanes of at least 4 members (excludes halogenated alkanes) is 1. The molecular formula is C11H14BrNO2. The fraction of sp³-hybridized carbons (Fsp3) is 0.364. The molecule has 1 N–H and O–H groups in total. The van der Waals surface area contributed by atoms with Gasteiger partial charge in [0.2, 0.25) is 0 Å². The maximum Gasteiger partial charge on any atom is 0.411 e. The Morgan fingerprint density at radius 3 is 3.00 bits per heavy atom. The van der Waals surface area contributed by atoms with Crippen LogP contribution in [0.1, 0.15) is 19.8 Å². The van der Waals surface area contributed by atoms with Gasteiger partial charge in [0.1, 0.15) is 0 Å². The molecular weight excluding hydrogens is 258 g/mol. The molecule has 0 spiro atoms. The van der Waals surface area contributed by atoms with E-state index in [1.807, 2.05) is 24.3 Å². The highest BCUT2D eigenvalue weighted by atomic mass is 79.9. The lowest BCUT2D eigenvalue weighted by atomic mass is 10.3. The van der Waals surface area contributed by atoms with E-state index in [1.165, 1.54) is 0 Å². The summed E-state index contributed by atoms with van der Waals surface area (Å²) in [6.07, 6.45) is 1.51. The molecule has 1 aromatic carbocycles. The summed E-state index contributed by atoms with van der Waals surface area (Å²) in [5, 5.41) is 2.65. The summed E-state index contributed by atoms with van der Waals surface area (Å²) >= 11 is 3.32. The van der Waals surface area contributed by atoms with Crippen molar-refractivity contribution < 1.29 is 9.53 Å². The van der Waals surface area contributed by atoms with Crippen LogP contribution in [-0.4, -0.2) is 12.7 Å². The second kappa shape index (κ2) is 6.45. The summed E-state index contributed by atoms with van der Waals surface area (Å²) in [4.78, 5) is 11.2. The van der Waals surface area contributed by atoms with Gasteiger partial charge in [-0.2, -0.15) is 0 Å². The number of rotatable bonds is 4. The minimum absolute atomic E-state index is 0.401. The molecule has 0 heterocycles. The van der Waals surface area contributed by atoms with Crippen LogP contribution in [0.2, 0.25) is 0 Å². The Morgan fingerprint density at radius 1 is 1.53 bits per heavy atom. The van der Waals surface area contributed by atoms with E-state index in [2.05, 4.69) is 28.2 Å². The third-order valence-electron chi connectivity index (χ3n) is 1.80. The quantitative estimate of drug-likeness (QED) is 0.846. The molecule has 1 aromatic rings. The monoisotopic (exact) mass is 271 g/mol. The first kappa shape index (κ1) is 12.0. The van der Waals surface area contributed by atoms with Gasteiger partial charge in [0, 0.05) is 10.2 Å². The molecule has 0 bridgehead atoms. The molecule has 3 nitrogen and oxygen atoms in total. The molecule has 0 fully saturated rings. The largest absolute Gasteiger partial charge is 0.449 e. The van der Waals surface area contributed by atoms with E-state index >= 15 is 0 Å². The lowest BCUT2D eigenvalue weighted by Gasteiger charge is -2.06. The topological polar surface area (TPSA) is 38.3 Å². The summed E-state index contributed by atoms with van der Waals surface area (Å²) in [7, 11) is 0. The number of nitrogens with one attached hydrogen (secondary N) is 1. The van der Waals surface area contributed by atoms with Crippen LogP contribution in [-0.2, 0) is 4.74 Å². The Morgan fingerprint density at radius 2 is 2.33 bits per heavy atom. The van der Waals surface area contributed by atoms with Crippen LogP contribution in [0.15, 0.2) is 28.7 Å². The fourth-order valence-corrected chi connectivity index (χ4v) is 1.43. The van der Waals surface area contributed by atoms with Crippen molar-refractivity contribution in [3.05, 3.63) is 28.7 Å². The third-order valence-corrected chi connectivity index (χ3v) is 2.30. The van der Waals surface area contributed by atoms with E-state index < -0.39 is 6.09 Å². The first-order valence-corrected chi connectivity index (χ1v) is 5.71. The molecule has 0 aliphatic carbocycles. The van der Waals surface area contributed by atoms with Crippen LogP contribution in [0.4, 0.5) is 10.5 Å². The summed E-state index contributed by atoms with van der Waals surface area (Å²) in [5.74, 6) is 0. The van der Waals surface area contributed by atoms with Gasteiger partial charge in [0.15, 0.2) is 0 Å². The van der Waals surface area contributed by atoms with Crippen LogP contribution in [0.25, 0.3) is 0 Å². The van der Waals surface area contributed by atoms with E-state index in [-0.39, 0.29) is 0 Å². The van der Waals surface area contributed by atoms with Crippen molar-refractivity contribution in [1.29, 1.82) is 0 Å². The van der Waals surface area contributed by atoms with Crippen LogP contribution in [0, 0.1) is 0 Å². The van der Waals surface area contributed by atoms with Gasteiger partial charge in [0.25, 0.3) is 0 Å². The van der Waals surface area contributed by atoms with E-state index in [9.17, 15) is 4.79 Å². The molecule has 0 atom stereocenters. The third kappa shape index (κ3) is 4.83. The minimum atomic E-state index is -0.401. The number of ether oxygens (including phenoxy) is 1. The number of carbonyl (C=O) groups is 1. The molecule has 0 aliphatic rings. The SMILES string of the molecule is CCCCOC(=O)Nc1cccc(Br)c1. The van der Waals surface area contributed by atoms with E-state index in [4.69, 9.17) is 4.74 Å². The van der Waals surface area contributed by atoms with Crippen LogP contribution in [0.3, 0.4) is 0 Å². The Balaban J connectivity index is 2.37. The Bertz CT molecular complexity index is 328. The number of carbonyl (C=O) groups excluding carboxylic acids is 1. The van der Waals surface area contributed by atoms with E-state index in [0.717, 1.165) is 23.0 Å². The summed E-state index contributed by atoms with van der Waals surface area (Å²) in [6.45, 7) is 2.52. The number of hydrogen-bond donors (Lipinski definition) is 1. The van der Waals surface area contributed by atoms with Gasteiger partial charge in [-0.05, 0) is 24.6 Å². The first-order chi connectivity index (χ1) is 7.22. The highest BCUT2D eigenvalue weighted by Gasteiger charge is 2.02. The Labute approximate surface area is 97.9 Å². The van der Waals surface area contributed by atoms with Gasteiger partial charge in [-0.25, -0.2) is 4.79 Å². The number of benzene rings is 1. The lowest BCUT2D eigenvalue weighted by molar-refractivity contribution is 0.160. The molecule has 1 amide bonds. The van der Waals surface area contributed by atoms with E-state index in [0.29, 0.717) is 6.61 Å². The summed E-state index contributed by atoms with van der Waals surface area (Å²) in [5.41, 5.74) is 0.728.